The number of imide groups is 2. The molecule has 1 rings (SSSR count). The van der Waals surface area contributed by atoms with Crippen LogP contribution in [0.1, 0.15) is 13.8 Å². The van der Waals surface area contributed by atoms with Crippen molar-refractivity contribution < 1.29 is 27.6 Å². The fourth-order valence-electron chi connectivity index (χ4n) is 1.55. The van der Waals surface area contributed by atoms with Crippen molar-refractivity contribution in [1.82, 2.24) is 10.2 Å². The van der Waals surface area contributed by atoms with Crippen molar-refractivity contribution >= 4 is 17.8 Å². The molecule has 0 aliphatic carbocycles. The molecule has 1 aliphatic heterocycles. The molecule has 1 saturated heterocycles. The number of carbonyl (C=O) groups is 3. The van der Waals surface area contributed by atoms with Gasteiger partial charge in [-0.15, -0.1) is 0 Å². The lowest BCUT2D eigenvalue weighted by atomic mass is 9.92. The number of urea groups is 1. The lowest BCUT2D eigenvalue weighted by molar-refractivity contribution is -0.163. The molecule has 8 heteroatoms. The Labute approximate surface area is 94.9 Å². The van der Waals surface area contributed by atoms with Crippen LogP contribution in [0.3, 0.4) is 0 Å². The number of nitrogens with one attached hydrogen (secondary N) is 1. The first-order chi connectivity index (χ1) is 7.63. The Kier molecular flexibility index (Phi) is 3.44. The highest BCUT2D eigenvalue weighted by molar-refractivity contribution is 6.16. The van der Waals surface area contributed by atoms with Gasteiger partial charge in [0, 0.05) is 0 Å². The number of carbonyl (C=O) groups excluding carboxylic acids is 3. The zero-order chi connectivity index (χ0) is 13.4. The lowest BCUT2D eigenvalue weighted by Crippen LogP contribution is -2.60. The van der Waals surface area contributed by atoms with Gasteiger partial charge in [-0.3, -0.25) is 19.8 Å². The minimum atomic E-state index is -4.69. The second kappa shape index (κ2) is 4.34. The number of nitrogens with zero attached hydrogens (tertiary/aromatic N) is 1. The van der Waals surface area contributed by atoms with Gasteiger partial charge in [0.2, 0.25) is 11.8 Å². The summed E-state index contributed by atoms with van der Waals surface area (Å²) in [6, 6.07) is -1.32. The second-order valence-corrected chi connectivity index (χ2v) is 4.06. The van der Waals surface area contributed by atoms with E-state index in [0.717, 1.165) is 0 Å². The Morgan fingerprint density at radius 3 is 2.24 bits per heavy atom. The van der Waals surface area contributed by atoms with Gasteiger partial charge in [-0.1, -0.05) is 13.8 Å². The van der Waals surface area contributed by atoms with E-state index in [-0.39, 0.29) is 4.90 Å². The summed E-state index contributed by atoms with van der Waals surface area (Å²) in [5, 5.41) is 1.74. The molecular formula is C9H11F3N2O3. The Balaban J connectivity index is 2.95. The molecule has 1 aliphatic rings. The molecule has 0 spiro atoms. The molecule has 5 nitrogen and oxygen atoms in total. The van der Waals surface area contributed by atoms with E-state index in [9.17, 15) is 27.6 Å². The minimum Gasteiger partial charge on any atom is -0.277 e. The van der Waals surface area contributed by atoms with Crippen molar-refractivity contribution in [2.24, 2.45) is 11.8 Å². The molecule has 0 aromatic rings. The SMILES string of the molecule is CC(C)C1C(=O)NC(=O)N(CC(F)(F)F)C1=O. The van der Waals surface area contributed by atoms with Gasteiger partial charge in [0.1, 0.15) is 12.5 Å². The first-order valence-electron chi connectivity index (χ1n) is 4.86. The minimum absolute atomic E-state index is 0.0199. The number of halogens is 3. The first kappa shape index (κ1) is 13.5. The number of amides is 4. The maximum atomic E-state index is 12.2. The Bertz CT molecular complexity index is 365. The van der Waals surface area contributed by atoms with Crippen molar-refractivity contribution in [3.63, 3.8) is 0 Å². The zero-order valence-electron chi connectivity index (χ0n) is 9.17. The van der Waals surface area contributed by atoms with Gasteiger partial charge < -0.3 is 0 Å². The van der Waals surface area contributed by atoms with Crippen LogP contribution in [-0.2, 0) is 9.59 Å². The van der Waals surface area contributed by atoms with Crippen LogP contribution < -0.4 is 5.32 Å². The largest absolute Gasteiger partial charge is 0.406 e. The molecule has 96 valence electrons. The van der Waals surface area contributed by atoms with Crippen LogP contribution in [-0.4, -0.2) is 35.5 Å². The summed E-state index contributed by atoms with van der Waals surface area (Å²) in [4.78, 5) is 34.1. The average molecular weight is 252 g/mol. The van der Waals surface area contributed by atoms with Crippen LogP contribution in [0.15, 0.2) is 0 Å². The molecule has 0 radical (unpaired) electrons. The van der Waals surface area contributed by atoms with Gasteiger partial charge in [0.05, 0.1) is 0 Å². The molecule has 0 bridgehead atoms. The molecule has 1 N–H and O–H groups in total. The van der Waals surface area contributed by atoms with Crippen LogP contribution in [0.5, 0.6) is 0 Å². The fourth-order valence-corrected chi connectivity index (χ4v) is 1.55. The first-order valence-corrected chi connectivity index (χ1v) is 4.86. The smallest absolute Gasteiger partial charge is 0.277 e. The van der Waals surface area contributed by atoms with Crippen molar-refractivity contribution in [1.29, 1.82) is 0 Å². The molecular weight excluding hydrogens is 241 g/mol. The van der Waals surface area contributed by atoms with E-state index in [2.05, 4.69) is 0 Å². The molecule has 0 aromatic heterocycles. The quantitative estimate of drug-likeness (QED) is 0.742. The highest BCUT2D eigenvalue weighted by atomic mass is 19.4. The van der Waals surface area contributed by atoms with E-state index in [0.29, 0.717) is 0 Å². The van der Waals surface area contributed by atoms with Crippen LogP contribution >= 0.6 is 0 Å². The maximum Gasteiger partial charge on any atom is 0.406 e. The van der Waals surface area contributed by atoms with E-state index >= 15 is 0 Å². The normalized spacial score (nSPS) is 22.1. The molecule has 0 saturated carbocycles. The summed E-state index contributed by atoms with van der Waals surface area (Å²) in [6.07, 6.45) is -4.69. The molecule has 17 heavy (non-hydrogen) atoms. The summed E-state index contributed by atoms with van der Waals surface area (Å²) in [5.74, 6) is -3.69. The number of hydrogen-bond donors (Lipinski definition) is 1. The summed E-state index contributed by atoms with van der Waals surface area (Å²) >= 11 is 0. The van der Waals surface area contributed by atoms with Gasteiger partial charge in [0.15, 0.2) is 0 Å². The molecule has 0 aromatic carbocycles. The number of barbiturate groups is 1. The van der Waals surface area contributed by atoms with Crippen molar-refractivity contribution in [2.75, 3.05) is 6.54 Å². The van der Waals surface area contributed by atoms with Crippen LogP contribution in [0.25, 0.3) is 0 Å². The average Bonchev–Trinajstić information content (AvgIpc) is 2.09. The Morgan fingerprint density at radius 1 is 1.29 bits per heavy atom. The van der Waals surface area contributed by atoms with E-state index in [1.807, 2.05) is 0 Å². The highest BCUT2D eigenvalue weighted by Crippen LogP contribution is 2.23. The van der Waals surface area contributed by atoms with Gasteiger partial charge in [-0.05, 0) is 5.92 Å². The predicted octanol–water partition coefficient (Wildman–Crippen LogP) is 0.899. The van der Waals surface area contributed by atoms with Gasteiger partial charge >= 0.3 is 12.2 Å². The van der Waals surface area contributed by atoms with Crippen molar-refractivity contribution in [3.8, 4) is 0 Å². The van der Waals surface area contributed by atoms with E-state index in [1.54, 1.807) is 5.32 Å². The third-order valence-corrected chi connectivity index (χ3v) is 2.29. The van der Waals surface area contributed by atoms with Gasteiger partial charge in [0.25, 0.3) is 0 Å². The van der Waals surface area contributed by atoms with Crippen molar-refractivity contribution in [2.45, 2.75) is 20.0 Å². The van der Waals surface area contributed by atoms with Crippen LogP contribution in [0, 0.1) is 11.8 Å². The molecule has 1 heterocycles. The Hall–Kier alpha value is -1.60. The summed E-state index contributed by atoms with van der Waals surface area (Å²) in [6.45, 7) is 1.35. The summed E-state index contributed by atoms with van der Waals surface area (Å²) in [5.41, 5.74) is 0. The van der Waals surface area contributed by atoms with Gasteiger partial charge in [-0.25, -0.2) is 4.79 Å². The van der Waals surface area contributed by atoms with E-state index in [4.69, 9.17) is 0 Å². The summed E-state index contributed by atoms with van der Waals surface area (Å²) in [7, 11) is 0. The van der Waals surface area contributed by atoms with Crippen LogP contribution in [0.4, 0.5) is 18.0 Å². The van der Waals surface area contributed by atoms with Gasteiger partial charge in [-0.2, -0.15) is 13.2 Å². The van der Waals surface area contributed by atoms with Crippen LogP contribution in [0.2, 0.25) is 0 Å². The fraction of sp³-hybridized carbons (Fsp3) is 0.667. The maximum absolute atomic E-state index is 12.2. The highest BCUT2D eigenvalue weighted by Gasteiger charge is 2.46. The Morgan fingerprint density at radius 2 is 1.82 bits per heavy atom. The van der Waals surface area contributed by atoms with E-state index in [1.165, 1.54) is 13.8 Å². The number of hydrogen-bond acceptors (Lipinski definition) is 3. The topological polar surface area (TPSA) is 66.5 Å². The van der Waals surface area contributed by atoms with Crippen molar-refractivity contribution in [3.05, 3.63) is 0 Å². The second-order valence-electron chi connectivity index (χ2n) is 4.06. The standard InChI is InChI=1S/C9H11F3N2O3/c1-4(2)5-6(15)13-8(17)14(7(5)16)3-9(10,11)12/h4-5H,3H2,1-2H3,(H,13,15,17). The third-order valence-electron chi connectivity index (χ3n) is 2.29. The lowest BCUT2D eigenvalue weighted by Gasteiger charge is -2.32. The molecule has 4 amide bonds. The van der Waals surface area contributed by atoms with E-state index < -0.39 is 42.4 Å². The number of alkyl halides is 3. The molecule has 1 fully saturated rings. The third kappa shape index (κ3) is 2.95. The monoisotopic (exact) mass is 252 g/mol. The molecule has 1 unspecified atom stereocenters. The number of rotatable bonds is 2. The zero-order valence-corrected chi connectivity index (χ0v) is 9.17. The summed E-state index contributed by atoms with van der Waals surface area (Å²) < 4.78 is 36.5. The predicted molar refractivity (Wildman–Crippen MR) is 49.6 cm³/mol. The molecule has 1 atom stereocenters.